The molecule has 0 heterocycles. The first-order valence-electron chi connectivity index (χ1n) is 4.76. The minimum atomic E-state index is -1.44. The Bertz CT molecular complexity index is 408. The molecule has 0 radical (unpaired) electrons. The number of nitrogens with two attached hydrogens (primary N) is 1. The van der Waals surface area contributed by atoms with E-state index in [4.69, 9.17) is 22.5 Å². The first kappa shape index (κ1) is 13.4. The fourth-order valence-corrected chi connectivity index (χ4v) is 1.22. The molecule has 7 heteroatoms. The van der Waals surface area contributed by atoms with Crippen molar-refractivity contribution in [2.75, 3.05) is 0 Å². The van der Waals surface area contributed by atoms with Crippen molar-refractivity contribution in [3.8, 4) is 0 Å². The number of amides is 2. The highest BCUT2D eigenvalue weighted by Gasteiger charge is 2.20. The molecule has 1 atom stereocenters. The maximum Gasteiger partial charge on any atom is 0.269 e. The second-order valence-corrected chi connectivity index (χ2v) is 3.73. The van der Waals surface area contributed by atoms with E-state index in [0.717, 1.165) is 5.56 Å². The van der Waals surface area contributed by atoms with E-state index in [1.165, 1.54) is 5.48 Å². The average molecular weight is 258 g/mol. The molecule has 1 unspecified atom stereocenters. The van der Waals surface area contributed by atoms with Crippen molar-refractivity contribution >= 4 is 23.4 Å². The number of halogens is 1. The fraction of sp³-hybridized carbons (Fsp3) is 0.200. The number of carbonyl (C=O) groups is 2. The van der Waals surface area contributed by atoms with Gasteiger partial charge in [0.15, 0.2) is 6.04 Å². The maximum absolute atomic E-state index is 11.3. The lowest BCUT2D eigenvalue weighted by atomic mass is 10.2. The molecule has 0 aliphatic heterocycles. The highest BCUT2D eigenvalue weighted by atomic mass is 35.5. The monoisotopic (exact) mass is 257 g/mol. The molecule has 1 aromatic carbocycles. The van der Waals surface area contributed by atoms with Crippen LogP contribution < -0.4 is 16.5 Å². The molecule has 6 nitrogen and oxygen atoms in total. The van der Waals surface area contributed by atoms with Crippen molar-refractivity contribution in [1.29, 1.82) is 0 Å². The molecule has 92 valence electrons. The summed E-state index contributed by atoms with van der Waals surface area (Å²) in [6.07, 6.45) is 0. The van der Waals surface area contributed by atoms with E-state index in [9.17, 15) is 9.59 Å². The third kappa shape index (κ3) is 4.03. The fourth-order valence-electron chi connectivity index (χ4n) is 1.09. The van der Waals surface area contributed by atoms with Crippen LogP contribution in [0.4, 0.5) is 0 Å². The zero-order valence-corrected chi connectivity index (χ0v) is 9.57. The molecule has 2 amide bonds. The summed E-state index contributed by atoms with van der Waals surface area (Å²) < 4.78 is 0. The minimum Gasteiger partial charge on any atom is -0.350 e. The normalized spacial score (nSPS) is 11.7. The zero-order valence-electron chi connectivity index (χ0n) is 8.81. The van der Waals surface area contributed by atoms with Crippen LogP contribution in [0, 0.1) is 0 Å². The molecule has 0 aliphatic carbocycles. The number of hydroxylamine groups is 1. The van der Waals surface area contributed by atoms with E-state index in [0.29, 0.717) is 5.02 Å². The molecular weight excluding hydrogens is 246 g/mol. The quantitative estimate of drug-likeness (QED) is 0.340. The van der Waals surface area contributed by atoms with Gasteiger partial charge in [-0.1, -0.05) is 23.7 Å². The van der Waals surface area contributed by atoms with Gasteiger partial charge in [-0.25, -0.2) is 5.48 Å². The van der Waals surface area contributed by atoms with Crippen LogP contribution in [-0.4, -0.2) is 23.1 Å². The van der Waals surface area contributed by atoms with Gasteiger partial charge in [0.05, 0.1) is 0 Å². The number of benzene rings is 1. The van der Waals surface area contributed by atoms with Crippen LogP contribution in [-0.2, 0) is 16.1 Å². The summed E-state index contributed by atoms with van der Waals surface area (Å²) in [6, 6.07) is 5.40. The summed E-state index contributed by atoms with van der Waals surface area (Å²) in [5.41, 5.74) is 7.38. The standard InChI is InChI=1S/C10H12ClN3O3/c11-7-3-1-6(2-4-7)5-13-9(15)8(12)10(16)14-17/h1-4,8,17H,5,12H2,(H,13,15)(H,14,16). The molecule has 0 saturated heterocycles. The molecule has 0 aromatic heterocycles. The predicted octanol–water partition coefficient (Wildman–Crippen LogP) is -0.211. The molecular formula is C10H12ClN3O3. The van der Waals surface area contributed by atoms with Gasteiger partial charge in [0.2, 0.25) is 5.91 Å². The Morgan fingerprint density at radius 3 is 2.41 bits per heavy atom. The summed E-state index contributed by atoms with van der Waals surface area (Å²) in [7, 11) is 0. The highest BCUT2D eigenvalue weighted by Crippen LogP contribution is 2.08. The second-order valence-electron chi connectivity index (χ2n) is 3.30. The lowest BCUT2D eigenvalue weighted by molar-refractivity contribution is -0.136. The molecule has 0 saturated carbocycles. The molecule has 1 aromatic rings. The molecule has 0 aliphatic rings. The Balaban J connectivity index is 2.48. The number of nitrogens with one attached hydrogen (secondary N) is 2. The van der Waals surface area contributed by atoms with Crippen molar-refractivity contribution in [3.63, 3.8) is 0 Å². The van der Waals surface area contributed by atoms with E-state index in [1.54, 1.807) is 24.3 Å². The van der Waals surface area contributed by atoms with E-state index >= 15 is 0 Å². The third-order valence-corrected chi connectivity index (χ3v) is 2.31. The van der Waals surface area contributed by atoms with Crippen LogP contribution in [0.5, 0.6) is 0 Å². The van der Waals surface area contributed by atoms with Crippen molar-refractivity contribution < 1.29 is 14.8 Å². The van der Waals surface area contributed by atoms with Crippen LogP contribution >= 0.6 is 11.6 Å². The van der Waals surface area contributed by atoms with Crippen LogP contribution in [0.3, 0.4) is 0 Å². The maximum atomic E-state index is 11.3. The van der Waals surface area contributed by atoms with Gasteiger partial charge in [-0.2, -0.15) is 0 Å². The SMILES string of the molecule is NC(C(=O)NO)C(=O)NCc1ccc(Cl)cc1. The Morgan fingerprint density at radius 1 is 1.29 bits per heavy atom. The Hall–Kier alpha value is -1.63. The van der Waals surface area contributed by atoms with Crippen molar-refractivity contribution in [2.45, 2.75) is 12.6 Å². The third-order valence-electron chi connectivity index (χ3n) is 2.06. The van der Waals surface area contributed by atoms with Gasteiger partial charge in [0.25, 0.3) is 5.91 Å². The molecule has 0 bridgehead atoms. The van der Waals surface area contributed by atoms with Crippen molar-refractivity contribution in [1.82, 2.24) is 10.8 Å². The van der Waals surface area contributed by atoms with Crippen molar-refractivity contribution in [3.05, 3.63) is 34.9 Å². The van der Waals surface area contributed by atoms with E-state index in [2.05, 4.69) is 5.32 Å². The summed E-state index contributed by atoms with van der Waals surface area (Å²) >= 11 is 5.70. The van der Waals surface area contributed by atoms with Crippen LogP contribution in [0.2, 0.25) is 5.02 Å². The number of carbonyl (C=O) groups excluding carboxylic acids is 2. The van der Waals surface area contributed by atoms with E-state index in [1.807, 2.05) is 0 Å². The van der Waals surface area contributed by atoms with E-state index in [-0.39, 0.29) is 6.54 Å². The number of hydrogen-bond donors (Lipinski definition) is 4. The van der Waals surface area contributed by atoms with Gasteiger partial charge in [0, 0.05) is 11.6 Å². The van der Waals surface area contributed by atoms with Gasteiger partial charge in [-0.15, -0.1) is 0 Å². The minimum absolute atomic E-state index is 0.225. The summed E-state index contributed by atoms with van der Waals surface area (Å²) in [5.74, 6) is -1.63. The van der Waals surface area contributed by atoms with Gasteiger partial charge in [-0.3, -0.25) is 14.8 Å². The Kier molecular flexibility index (Phi) is 4.89. The van der Waals surface area contributed by atoms with Crippen LogP contribution in [0.1, 0.15) is 5.56 Å². The van der Waals surface area contributed by atoms with Gasteiger partial charge >= 0.3 is 0 Å². The van der Waals surface area contributed by atoms with E-state index < -0.39 is 17.9 Å². The summed E-state index contributed by atoms with van der Waals surface area (Å²) in [5, 5.41) is 11.3. The molecule has 17 heavy (non-hydrogen) atoms. The van der Waals surface area contributed by atoms with Crippen molar-refractivity contribution in [2.24, 2.45) is 5.73 Å². The highest BCUT2D eigenvalue weighted by molar-refractivity contribution is 6.30. The Morgan fingerprint density at radius 2 is 1.88 bits per heavy atom. The van der Waals surface area contributed by atoms with Gasteiger partial charge in [0.1, 0.15) is 0 Å². The summed E-state index contributed by atoms with van der Waals surface area (Å²) in [4.78, 5) is 22.2. The first-order chi connectivity index (χ1) is 8.04. The van der Waals surface area contributed by atoms with Crippen LogP contribution in [0.25, 0.3) is 0 Å². The van der Waals surface area contributed by atoms with Gasteiger partial charge in [-0.05, 0) is 17.7 Å². The van der Waals surface area contributed by atoms with Crippen LogP contribution in [0.15, 0.2) is 24.3 Å². The van der Waals surface area contributed by atoms with Gasteiger partial charge < -0.3 is 11.1 Å². The smallest absolute Gasteiger partial charge is 0.269 e. The lowest BCUT2D eigenvalue weighted by Crippen LogP contribution is -2.50. The summed E-state index contributed by atoms with van der Waals surface area (Å²) in [6.45, 7) is 0.225. The Labute approximate surface area is 103 Å². The topological polar surface area (TPSA) is 104 Å². The number of rotatable bonds is 4. The second kappa shape index (κ2) is 6.19. The number of hydrogen-bond acceptors (Lipinski definition) is 4. The lowest BCUT2D eigenvalue weighted by Gasteiger charge is -2.10. The first-order valence-corrected chi connectivity index (χ1v) is 5.14. The molecule has 0 spiro atoms. The molecule has 5 N–H and O–H groups in total. The molecule has 0 fully saturated rings. The zero-order chi connectivity index (χ0) is 12.8. The molecule has 1 rings (SSSR count). The predicted molar refractivity (Wildman–Crippen MR) is 61.2 cm³/mol. The average Bonchev–Trinajstić information content (AvgIpc) is 2.35. The largest absolute Gasteiger partial charge is 0.350 e.